The lowest BCUT2D eigenvalue weighted by Gasteiger charge is -2.27. The Hall–Kier alpha value is -3.58. The van der Waals surface area contributed by atoms with Crippen molar-refractivity contribution >= 4 is 22.9 Å². The molecule has 0 saturated carbocycles. The molecule has 0 spiro atoms. The number of amides is 1. The number of hydrogen-bond donors (Lipinski definition) is 1. The summed E-state index contributed by atoms with van der Waals surface area (Å²) in [5.41, 5.74) is 4.00. The zero-order valence-electron chi connectivity index (χ0n) is 19.5. The van der Waals surface area contributed by atoms with Gasteiger partial charge >= 0.3 is 0 Å². The van der Waals surface area contributed by atoms with Crippen LogP contribution in [0, 0.1) is 11.3 Å². The van der Waals surface area contributed by atoms with Crippen molar-refractivity contribution in [3.8, 4) is 6.07 Å². The minimum absolute atomic E-state index is 0.0720. The van der Waals surface area contributed by atoms with Crippen molar-refractivity contribution in [1.29, 1.82) is 5.26 Å². The first-order valence-electron chi connectivity index (χ1n) is 12.0. The van der Waals surface area contributed by atoms with Crippen molar-refractivity contribution in [2.75, 3.05) is 16.8 Å². The molecule has 33 heavy (non-hydrogen) atoms. The van der Waals surface area contributed by atoms with Crippen LogP contribution in [-0.4, -0.2) is 12.5 Å². The van der Waals surface area contributed by atoms with Crippen molar-refractivity contribution < 1.29 is 4.79 Å². The Bertz CT molecular complexity index is 1040. The molecule has 1 heterocycles. The lowest BCUT2D eigenvalue weighted by molar-refractivity contribution is -0.112. The third-order valence-corrected chi connectivity index (χ3v) is 5.79. The van der Waals surface area contributed by atoms with Crippen molar-refractivity contribution in [2.24, 2.45) is 0 Å². The number of benzene rings is 2. The molecule has 0 aliphatic carbocycles. The van der Waals surface area contributed by atoms with Crippen LogP contribution in [0.4, 0.5) is 11.4 Å². The van der Waals surface area contributed by atoms with Gasteiger partial charge in [0.1, 0.15) is 11.6 Å². The van der Waals surface area contributed by atoms with Crippen LogP contribution in [-0.2, 0) is 4.79 Å². The van der Waals surface area contributed by atoms with E-state index >= 15 is 0 Å². The number of hydrogen-bond acceptors (Lipinski definition) is 3. The molecular formula is C29H33N3O. The topological polar surface area (TPSA) is 56.1 Å². The minimum Gasteiger partial charge on any atom is -0.347 e. The number of fused-ring (bicyclic) bond motifs is 1. The lowest BCUT2D eigenvalue weighted by Crippen LogP contribution is -2.21. The van der Waals surface area contributed by atoms with Gasteiger partial charge in [0.15, 0.2) is 0 Å². The molecule has 0 radical (unpaired) electrons. The standard InChI is InChI=1S/C29H33N3O/c1-2-3-4-5-6-7-13-21-32-22-20-24(27-16-11-12-17-28(27)32)18-19-25(23-30)29(33)31-26-14-9-8-10-15-26/h8-12,14-20,22H,2-7,13,21H2,1H3,(H,31,33)/b24-18-,25-19+. The molecule has 2 aromatic carbocycles. The Morgan fingerprint density at radius 2 is 1.67 bits per heavy atom. The van der Waals surface area contributed by atoms with Crippen LogP contribution in [0.3, 0.4) is 0 Å². The van der Waals surface area contributed by atoms with Gasteiger partial charge in [-0.1, -0.05) is 87.9 Å². The summed E-state index contributed by atoms with van der Waals surface area (Å²) >= 11 is 0. The molecule has 1 N–H and O–H groups in total. The molecule has 4 heteroatoms. The van der Waals surface area contributed by atoms with E-state index in [1.165, 1.54) is 44.9 Å². The first kappa shape index (κ1) is 24.1. The van der Waals surface area contributed by atoms with Gasteiger partial charge in [0, 0.05) is 29.7 Å². The molecule has 4 nitrogen and oxygen atoms in total. The van der Waals surface area contributed by atoms with E-state index in [9.17, 15) is 10.1 Å². The number of carbonyl (C=O) groups excluding carboxylic acids is 1. The van der Waals surface area contributed by atoms with Gasteiger partial charge in [0.05, 0.1) is 0 Å². The maximum Gasteiger partial charge on any atom is 0.266 e. The quantitative estimate of drug-likeness (QED) is 0.228. The fraction of sp³-hybridized carbons (Fsp3) is 0.310. The molecule has 1 amide bonds. The molecule has 1 aliphatic rings. The second kappa shape index (κ2) is 13.1. The third kappa shape index (κ3) is 7.22. The van der Waals surface area contributed by atoms with Crippen LogP contribution in [0.5, 0.6) is 0 Å². The van der Waals surface area contributed by atoms with E-state index in [1.807, 2.05) is 36.4 Å². The highest BCUT2D eigenvalue weighted by Gasteiger charge is 2.15. The number of anilines is 2. The fourth-order valence-corrected chi connectivity index (χ4v) is 3.94. The van der Waals surface area contributed by atoms with Crippen molar-refractivity contribution in [2.45, 2.75) is 51.9 Å². The highest BCUT2D eigenvalue weighted by molar-refractivity contribution is 6.07. The maximum absolute atomic E-state index is 12.5. The number of nitriles is 1. The van der Waals surface area contributed by atoms with E-state index in [1.54, 1.807) is 18.2 Å². The summed E-state index contributed by atoms with van der Waals surface area (Å²) in [6.45, 7) is 3.24. The first-order valence-corrected chi connectivity index (χ1v) is 12.0. The Balaban J connectivity index is 1.65. The number of para-hydroxylation sites is 2. The molecule has 1 aliphatic heterocycles. The monoisotopic (exact) mass is 439 g/mol. The number of unbranched alkanes of at least 4 members (excludes halogenated alkanes) is 6. The summed E-state index contributed by atoms with van der Waals surface area (Å²) in [5, 5.41) is 12.3. The summed E-state index contributed by atoms with van der Waals surface area (Å²) in [6.07, 6.45) is 16.6. The zero-order chi connectivity index (χ0) is 23.3. The summed E-state index contributed by atoms with van der Waals surface area (Å²) in [6, 6.07) is 19.5. The SMILES string of the molecule is CCCCCCCCCN1C=C/C(=C/C=C(\C#N)C(=O)Nc2ccccc2)c2ccccc21. The fourth-order valence-electron chi connectivity index (χ4n) is 3.94. The normalized spacial score (nSPS) is 14.1. The van der Waals surface area contributed by atoms with E-state index in [4.69, 9.17) is 0 Å². The largest absolute Gasteiger partial charge is 0.347 e. The van der Waals surface area contributed by atoms with Gasteiger partial charge in [-0.05, 0) is 42.3 Å². The van der Waals surface area contributed by atoms with Crippen LogP contribution < -0.4 is 10.2 Å². The van der Waals surface area contributed by atoms with Gasteiger partial charge in [0.2, 0.25) is 0 Å². The van der Waals surface area contributed by atoms with Gasteiger partial charge in [0.25, 0.3) is 5.91 Å². The molecule has 0 aromatic heterocycles. The zero-order valence-corrected chi connectivity index (χ0v) is 19.5. The maximum atomic E-state index is 12.5. The highest BCUT2D eigenvalue weighted by atomic mass is 16.1. The molecule has 170 valence electrons. The summed E-state index contributed by atoms with van der Waals surface area (Å²) in [7, 11) is 0. The van der Waals surface area contributed by atoms with Crippen molar-refractivity contribution in [3.05, 3.63) is 90.2 Å². The second-order valence-electron chi connectivity index (χ2n) is 8.28. The van der Waals surface area contributed by atoms with E-state index < -0.39 is 5.91 Å². The Labute approximate surface area is 197 Å². The summed E-state index contributed by atoms with van der Waals surface area (Å²) in [4.78, 5) is 14.8. The molecule has 0 unspecified atom stereocenters. The highest BCUT2D eigenvalue weighted by Crippen LogP contribution is 2.33. The molecule has 0 saturated heterocycles. The minimum atomic E-state index is -0.408. The molecule has 0 atom stereocenters. The van der Waals surface area contributed by atoms with Crippen LogP contribution in [0.15, 0.2) is 84.6 Å². The Morgan fingerprint density at radius 1 is 0.970 bits per heavy atom. The number of nitrogens with one attached hydrogen (secondary N) is 1. The second-order valence-corrected chi connectivity index (χ2v) is 8.28. The van der Waals surface area contributed by atoms with Crippen LogP contribution >= 0.6 is 0 Å². The van der Waals surface area contributed by atoms with E-state index in [2.05, 4.69) is 47.6 Å². The van der Waals surface area contributed by atoms with Gasteiger partial charge in [-0.15, -0.1) is 0 Å². The average molecular weight is 440 g/mol. The van der Waals surface area contributed by atoms with E-state index in [0.717, 1.165) is 23.4 Å². The van der Waals surface area contributed by atoms with Gasteiger partial charge in [-0.25, -0.2) is 0 Å². The Morgan fingerprint density at radius 3 is 2.42 bits per heavy atom. The molecule has 0 bridgehead atoms. The van der Waals surface area contributed by atoms with E-state index in [0.29, 0.717) is 5.69 Å². The van der Waals surface area contributed by atoms with Crippen molar-refractivity contribution in [1.82, 2.24) is 0 Å². The van der Waals surface area contributed by atoms with Gasteiger partial charge in [-0.2, -0.15) is 5.26 Å². The average Bonchev–Trinajstić information content (AvgIpc) is 2.85. The first-order chi connectivity index (χ1) is 16.2. The van der Waals surface area contributed by atoms with Gasteiger partial charge in [-0.3, -0.25) is 4.79 Å². The van der Waals surface area contributed by atoms with Gasteiger partial charge < -0.3 is 10.2 Å². The number of allylic oxidation sites excluding steroid dienone is 4. The number of rotatable bonds is 11. The van der Waals surface area contributed by atoms with Crippen LogP contribution in [0.1, 0.15) is 57.4 Å². The predicted molar refractivity (Wildman–Crippen MR) is 138 cm³/mol. The van der Waals surface area contributed by atoms with Crippen LogP contribution in [0.2, 0.25) is 0 Å². The van der Waals surface area contributed by atoms with E-state index in [-0.39, 0.29) is 5.57 Å². The third-order valence-electron chi connectivity index (χ3n) is 5.79. The van der Waals surface area contributed by atoms with Crippen molar-refractivity contribution in [3.63, 3.8) is 0 Å². The Kier molecular flexibility index (Phi) is 9.54. The molecule has 3 rings (SSSR count). The molecule has 2 aromatic rings. The summed E-state index contributed by atoms with van der Waals surface area (Å²) in [5.74, 6) is -0.408. The number of nitrogens with zero attached hydrogens (tertiary/aromatic N) is 2. The lowest BCUT2D eigenvalue weighted by atomic mass is 9.98. The van der Waals surface area contributed by atoms with Crippen LogP contribution in [0.25, 0.3) is 5.57 Å². The number of carbonyl (C=O) groups is 1. The smallest absolute Gasteiger partial charge is 0.266 e. The summed E-state index contributed by atoms with van der Waals surface area (Å²) < 4.78 is 0. The molecular weight excluding hydrogens is 406 g/mol. The molecule has 0 fully saturated rings. The predicted octanol–water partition coefficient (Wildman–Crippen LogP) is 7.24.